The third kappa shape index (κ3) is 5.09. The summed E-state index contributed by atoms with van der Waals surface area (Å²) in [7, 11) is 0. The number of thioether (sulfide) groups is 1. The summed E-state index contributed by atoms with van der Waals surface area (Å²) in [5.41, 5.74) is 1.28. The Hall–Kier alpha value is -2.35. The van der Waals surface area contributed by atoms with E-state index in [1.54, 1.807) is 24.3 Å². The molecule has 8 heteroatoms. The molecule has 3 rings (SSSR count). The molecule has 1 saturated heterocycles. The van der Waals surface area contributed by atoms with Crippen LogP contribution in [0.25, 0.3) is 0 Å². The Balaban J connectivity index is 1.79. The van der Waals surface area contributed by atoms with E-state index in [-0.39, 0.29) is 31.4 Å². The molecular formula is C19H18ClN3O3S. The SMILES string of the molecule is O=C(Nc1ccc(Cl)cc1)C1CC(=O)N(CCO)C(=Nc2ccccc2)S1. The Morgan fingerprint density at radius 3 is 2.59 bits per heavy atom. The van der Waals surface area contributed by atoms with Crippen LogP contribution in [0.15, 0.2) is 59.6 Å². The average Bonchev–Trinajstić information content (AvgIpc) is 2.67. The summed E-state index contributed by atoms with van der Waals surface area (Å²) in [5.74, 6) is -0.520. The highest BCUT2D eigenvalue weighted by molar-refractivity contribution is 8.15. The van der Waals surface area contributed by atoms with Gasteiger partial charge in [0.25, 0.3) is 0 Å². The van der Waals surface area contributed by atoms with Gasteiger partial charge in [-0.15, -0.1) is 0 Å². The van der Waals surface area contributed by atoms with Crippen molar-refractivity contribution in [1.29, 1.82) is 0 Å². The van der Waals surface area contributed by atoms with Crippen LogP contribution < -0.4 is 5.32 Å². The normalized spacial score (nSPS) is 18.6. The number of carbonyl (C=O) groups excluding carboxylic acids is 2. The van der Waals surface area contributed by atoms with Crippen molar-refractivity contribution in [1.82, 2.24) is 4.90 Å². The largest absolute Gasteiger partial charge is 0.395 e. The molecule has 2 aromatic rings. The van der Waals surface area contributed by atoms with Crippen LogP contribution in [-0.2, 0) is 9.59 Å². The second-order valence-corrected chi connectivity index (χ2v) is 7.41. The molecule has 1 unspecified atom stereocenters. The summed E-state index contributed by atoms with van der Waals surface area (Å²) >= 11 is 7.07. The Kier molecular flexibility index (Phi) is 6.49. The lowest BCUT2D eigenvalue weighted by Gasteiger charge is -2.31. The van der Waals surface area contributed by atoms with Crippen LogP contribution in [0.4, 0.5) is 11.4 Å². The number of β-amino-alcohol motifs (C(OH)–C–C–N with tert-alkyl or cyclic N) is 1. The summed E-state index contributed by atoms with van der Waals surface area (Å²) in [6, 6.07) is 15.9. The lowest BCUT2D eigenvalue weighted by molar-refractivity contribution is -0.129. The maximum atomic E-state index is 12.6. The molecule has 1 aliphatic rings. The number of aliphatic imine (C=N–C) groups is 1. The summed E-state index contributed by atoms with van der Waals surface area (Å²) in [6.07, 6.45) is 0.0396. The van der Waals surface area contributed by atoms with Crippen molar-refractivity contribution in [2.75, 3.05) is 18.5 Å². The van der Waals surface area contributed by atoms with Gasteiger partial charge in [-0.05, 0) is 36.4 Å². The lowest BCUT2D eigenvalue weighted by Crippen LogP contribution is -2.46. The first-order valence-corrected chi connectivity index (χ1v) is 9.60. The van der Waals surface area contributed by atoms with Crippen LogP contribution in [0.5, 0.6) is 0 Å². The molecule has 6 nitrogen and oxygen atoms in total. The number of para-hydroxylation sites is 1. The highest BCUT2D eigenvalue weighted by atomic mass is 35.5. The second-order valence-electron chi connectivity index (χ2n) is 5.81. The van der Waals surface area contributed by atoms with Gasteiger partial charge < -0.3 is 10.4 Å². The molecular weight excluding hydrogens is 386 g/mol. The van der Waals surface area contributed by atoms with Crippen molar-refractivity contribution in [3.63, 3.8) is 0 Å². The maximum absolute atomic E-state index is 12.6. The number of halogens is 1. The van der Waals surface area contributed by atoms with Crippen molar-refractivity contribution in [3.05, 3.63) is 59.6 Å². The van der Waals surface area contributed by atoms with Gasteiger partial charge in [-0.25, -0.2) is 4.99 Å². The van der Waals surface area contributed by atoms with Gasteiger partial charge in [0.05, 0.1) is 18.8 Å². The Morgan fingerprint density at radius 1 is 1.22 bits per heavy atom. The maximum Gasteiger partial charge on any atom is 0.238 e. The van der Waals surface area contributed by atoms with Gasteiger partial charge in [0.15, 0.2) is 5.17 Å². The minimum atomic E-state index is -0.606. The molecule has 0 radical (unpaired) electrons. The molecule has 2 N–H and O–H groups in total. The van der Waals surface area contributed by atoms with Crippen LogP contribution in [-0.4, -0.2) is 45.4 Å². The minimum Gasteiger partial charge on any atom is -0.395 e. The number of amides is 2. The number of carbonyl (C=O) groups is 2. The molecule has 1 fully saturated rings. The lowest BCUT2D eigenvalue weighted by atomic mass is 10.2. The van der Waals surface area contributed by atoms with E-state index in [0.29, 0.717) is 21.6 Å². The number of hydrogen-bond acceptors (Lipinski definition) is 5. The number of hydrogen-bond donors (Lipinski definition) is 2. The number of rotatable bonds is 5. The summed E-state index contributed by atoms with van der Waals surface area (Å²) < 4.78 is 0. The topological polar surface area (TPSA) is 82.0 Å². The number of nitrogens with zero attached hydrogens (tertiary/aromatic N) is 2. The molecule has 1 aliphatic heterocycles. The standard InChI is InChI=1S/C19H18ClN3O3S/c20-13-6-8-15(9-7-13)21-18(26)16-12-17(25)23(10-11-24)19(27-16)22-14-4-2-1-3-5-14/h1-9,16,24H,10-12H2,(H,21,26). The molecule has 2 amide bonds. The zero-order valence-electron chi connectivity index (χ0n) is 14.3. The van der Waals surface area contributed by atoms with Crippen LogP contribution in [0.3, 0.4) is 0 Å². The first kappa shape index (κ1) is 19.4. The fourth-order valence-electron chi connectivity index (χ4n) is 2.53. The number of amidine groups is 1. The molecule has 0 aromatic heterocycles. The second kappa shape index (κ2) is 9.03. The monoisotopic (exact) mass is 403 g/mol. The fourth-order valence-corrected chi connectivity index (χ4v) is 3.78. The average molecular weight is 404 g/mol. The third-order valence-electron chi connectivity index (χ3n) is 3.85. The van der Waals surface area contributed by atoms with Gasteiger partial charge in [0.1, 0.15) is 5.25 Å². The van der Waals surface area contributed by atoms with Gasteiger partial charge in [0.2, 0.25) is 11.8 Å². The Morgan fingerprint density at radius 2 is 1.93 bits per heavy atom. The minimum absolute atomic E-state index is 0.0396. The van der Waals surface area contributed by atoms with Gasteiger partial charge in [-0.1, -0.05) is 41.6 Å². The summed E-state index contributed by atoms with van der Waals surface area (Å²) in [4.78, 5) is 31.1. The fraction of sp³-hybridized carbons (Fsp3) is 0.211. The summed E-state index contributed by atoms with van der Waals surface area (Å²) in [5, 5.41) is 12.4. The Labute approximate surface area is 166 Å². The molecule has 27 heavy (non-hydrogen) atoms. The van der Waals surface area contributed by atoms with E-state index in [4.69, 9.17) is 11.6 Å². The summed E-state index contributed by atoms with van der Waals surface area (Å²) in [6.45, 7) is -0.0369. The van der Waals surface area contributed by atoms with Crippen molar-refractivity contribution in [3.8, 4) is 0 Å². The van der Waals surface area contributed by atoms with Crippen molar-refractivity contribution in [2.24, 2.45) is 4.99 Å². The highest BCUT2D eigenvalue weighted by Gasteiger charge is 2.35. The number of aliphatic hydroxyl groups is 1. The van der Waals surface area contributed by atoms with Crippen LogP contribution in [0, 0.1) is 0 Å². The predicted octanol–water partition coefficient (Wildman–Crippen LogP) is 3.29. The van der Waals surface area contributed by atoms with Crippen molar-refractivity contribution < 1.29 is 14.7 Å². The predicted molar refractivity (Wildman–Crippen MR) is 108 cm³/mol. The molecule has 0 bridgehead atoms. The van der Waals surface area contributed by atoms with Crippen LogP contribution in [0.1, 0.15) is 6.42 Å². The molecule has 0 saturated carbocycles. The molecule has 140 valence electrons. The van der Waals surface area contributed by atoms with Gasteiger partial charge in [0, 0.05) is 17.1 Å². The van der Waals surface area contributed by atoms with Gasteiger partial charge in [-0.3, -0.25) is 14.5 Å². The number of anilines is 1. The van der Waals surface area contributed by atoms with Crippen molar-refractivity contribution >= 4 is 51.7 Å². The first-order chi connectivity index (χ1) is 13.1. The van der Waals surface area contributed by atoms with E-state index in [2.05, 4.69) is 10.3 Å². The van der Waals surface area contributed by atoms with Gasteiger partial charge in [-0.2, -0.15) is 0 Å². The highest BCUT2D eigenvalue weighted by Crippen LogP contribution is 2.29. The zero-order chi connectivity index (χ0) is 19.2. The van der Waals surface area contributed by atoms with E-state index >= 15 is 0 Å². The van der Waals surface area contributed by atoms with E-state index in [1.165, 1.54) is 16.7 Å². The quantitative estimate of drug-likeness (QED) is 0.802. The number of aliphatic hydroxyl groups excluding tert-OH is 1. The molecule has 0 aliphatic carbocycles. The van der Waals surface area contributed by atoms with Crippen LogP contribution in [0.2, 0.25) is 5.02 Å². The molecule has 1 heterocycles. The van der Waals surface area contributed by atoms with Crippen molar-refractivity contribution in [2.45, 2.75) is 11.7 Å². The molecule has 1 atom stereocenters. The number of benzene rings is 2. The van der Waals surface area contributed by atoms with Crippen LogP contribution >= 0.6 is 23.4 Å². The Bertz CT molecular complexity index is 843. The smallest absolute Gasteiger partial charge is 0.238 e. The van der Waals surface area contributed by atoms with E-state index in [0.717, 1.165) is 0 Å². The third-order valence-corrected chi connectivity index (χ3v) is 5.29. The molecule has 0 spiro atoms. The van der Waals surface area contributed by atoms with E-state index in [1.807, 2.05) is 30.3 Å². The van der Waals surface area contributed by atoms with E-state index < -0.39 is 5.25 Å². The van der Waals surface area contributed by atoms with Gasteiger partial charge >= 0.3 is 0 Å². The zero-order valence-corrected chi connectivity index (χ0v) is 15.9. The van der Waals surface area contributed by atoms with E-state index in [9.17, 15) is 14.7 Å². The first-order valence-electron chi connectivity index (χ1n) is 8.35. The molecule has 2 aromatic carbocycles. The number of nitrogens with one attached hydrogen (secondary N) is 1.